The van der Waals surface area contributed by atoms with Crippen molar-refractivity contribution in [1.29, 1.82) is 0 Å². The number of aliphatic hydroxyl groups excluding tert-OH is 3. The summed E-state index contributed by atoms with van der Waals surface area (Å²) < 4.78 is 2.10. The smallest absolute Gasteiger partial charge is 0.225 e. The van der Waals surface area contributed by atoms with Gasteiger partial charge in [0.05, 0.1) is 50.6 Å². The van der Waals surface area contributed by atoms with E-state index < -0.39 is 24.2 Å². The number of aryl methyl sites for hydroxylation is 1. The lowest BCUT2D eigenvalue weighted by atomic mass is 10.1. The number of benzene rings is 1. The molecule has 1 fully saturated rings. The van der Waals surface area contributed by atoms with E-state index in [2.05, 4.69) is 21.7 Å². The second kappa shape index (κ2) is 10.1. The summed E-state index contributed by atoms with van der Waals surface area (Å²) >= 11 is 3.13. The van der Waals surface area contributed by atoms with Gasteiger partial charge in [0.1, 0.15) is 27.5 Å². The van der Waals surface area contributed by atoms with Crippen molar-refractivity contribution in [2.24, 2.45) is 5.92 Å². The maximum Gasteiger partial charge on any atom is 0.225 e. The molecule has 1 aromatic carbocycles. The number of fused-ring (bicyclic) bond motifs is 2. The zero-order valence-corrected chi connectivity index (χ0v) is 22.4. The van der Waals surface area contributed by atoms with Crippen molar-refractivity contribution in [3.05, 3.63) is 53.4 Å². The number of hydrogen-bond donors (Lipinski definition) is 5. The summed E-state index contributed by atoms with van der Waals surface area (Å²) in [5.74, 6) is 0.493. The molecular weight excluding hydrogens is 522 g/mol. The van der Waals surface area contributed by atoms with Crippen LogP contribution in [0.4, 0.5) is 11.8 Å². The minimum Gasteiger partial charge on any atom is -0.396 e. The molecule has 5 N–H and O–H groups in total. The maximum absolute atomic E-state index is 10.7. The predicted molar refractivity (Wildman–Crippen MR) is 149 cm³/mol. The molecule has 196 valence electrons. The highest BCUT2D eigenvalue weighted by Crippen LogP contribution is 2.38. The van der Waals surface area contributed by atoms with Gasteiger partial charge in [-0.2, -0.15) is 4.98 Å². The molecule has 12 heteroatoms. The van der Waals surface area contributed by atoms with Crippen LogP contribution in [0.1, 0.15) is 30.1 Å². The molecule has 1 saturated carbocycles. The Bertz CT molecular complexity index is 1540. The van der Waals surface area contributed by atoms with Crippen LogP contribution in [0, 0.1) is 12.8 Å². The minimum absolute atomic E-state index is 0.142. The van der Waals surface area contributed by atoms with Crippen molar-refractivity contribution in [3.63, 3.8) is 0 Å². The number of aromatic nitrogens is 5. The molecule has 1 aliphatic carbocycles. The van der Waals surface area contributed by atoms with Crippen LogP contribution >= 0.6 is 22.7 Å². The highest BCUT2D eigenvalue weighted by Gasteiger charge is 2.41. The molecule has 5 atom stereocenters. The molecule has 0 unspecified atom stereocenters. The van der Waals surface area contributed by atoms with Crippen molar-refractivity contribution < 1.29 is 15.3 Å². The van der Waals surface area contributed by atoms with Crippen LogP contribution in [0.5, 0.6) is 0 Å². The van der Waals surface area contributed by atoms with Crippen LogP contribution in [-0.2, 0) is 0 Å². The quantitative estimate of drug-likeness (QED) is 0.203. The van der Waals surface area contributed by atoms with E-state index in [1.807, 2.05) is 38.1 Å². The van der Waals surface area contributed by atoms with E-state index in [0.29, 0.717) is 23.9 Å². The van der Waals surface area contributed by atoms with Crippen LogP contribution < -0.4 is 10.6 Å². The Hall–Kier alpha value is -3.29. The van der Waals surface area contributed by atoms with Crippen molar-refractivity contribution in [3.8, 4) is 10.6 Å². The van der Waals surface area contributed by atoms with E-state index >= 15 is 0 Å². The van der Waals surface area contributed by atoms with Gasteiger partial charge in [-0.25, -0.2) is 15.0 Å². The van der Waals surface area contributed by atoms with E-state index in [-0.39, 0.29) is 12.6 Å². The summed E-state index contributed by atoms with van der Waals surface area (Å²) in [4.78, 5) is 23.2. The molecule has 0 amide bonds. The van der Waals surface area contributed by atoms with Gasteiger partial charge in [-0.05, 0) is 38.5 Å². The molecule has 10 nitrogen and oxygen atoms in total. The number of nitrogens with one attached hydrogen (secondary N) is 2. The van der Waals surface area contributed by atoms with Crippen molar-refractivity contribution in [2.75, 3.05) is 17.2 Å². The molecule has 0 spiro atoms. The fourth-order valence-electron chi connectivity index (χ4n) is 4.84. The van der Waals surface area contributed by atoms with Gasteiger partial charge in [0.15, 0.2) is 0 Å². The van der Waals surface area contributed by atoms with Crippen LogP contribution in [0.25, 0.3) is 31.0 Å². The Balaban J connectivity index is 1.37. The van der Waals surface area contributed by atoms with Crippen molar-refractivity contribution in [1.82, 2.24) is 24.9 Å². The van der Waals surface area contributed by atoms with Crippen LogP contribution in [0.2, 0.25) is 0 Å². The van der Waals surface area contributed by atoms with Gasteiger partial charge in [0.25, 0.3) is 0 Å². The Morgan fingerprint density at radius 1 is 1.00 bits per heavy atom. The molecule has 0 aliphatic heterocycles. The van der Waals surface area contributed by atoms with Crippen LogP contribution in [0.15, 0.2) is 42.7 Å². The fraction of sp³-hybridized carbons (Fsp3) is 0.346. The highest BCUT2D eigenvalue weighted by atomic mass is 32.1. The third-order valence-electron chi connectivity index (χ3n) is 6.88. The number of rotatable bonds is 7. The van der Waals surface area contributed by atoms with E-state index in [1.165, 1.54) is 11.3 Å². The summed E-state index contributed by atoms with van der Waals surface area (Å²) in [6, 6.07) is 9.29. The van der Waals surface area contributed by atoms with Gasteiger partial charge in [-0.1, -0.05) is 12.1 Å². The molecule has 0 bridgehead atoms. The third-order valence-corrected chi connectivity index (χ3v) is 9.15. The summed E-state index contributed by atoms with van der Waals surface area (Å²) in [5, 5.41) is 39.1. The molecule has 4 heterocycles. The van der Waals surface area contributed by atoms with Gasteiger partial charge in [0, 0.05) is 18.7 Å². The largest absolute Gasteiger partial charge is 0.396 e. The molecule has 38 heavy (non-hydrogen) atoms. The molecule has 0 saturated heterocycles. The lowest BCUT2D eigenvalue weighted by Gasteiger charge is -2.22. The SMILES string of the molecule is Cc1nc(N[C@H](C)c2nc3ccccc3s2)nc(N[C@@H]2C[C@H](CO)[C@@H](O)[C@H]2O)c1-c1nc2cnccc2s1. The van der Waals surface area contributed by atoms with Gasteiger partial charge in [0.2, 0.25) is 5.95 Å². The Kier molecular flexibility index (Phi) is 6.66. The third kappa shape index (κ3) is 4.58. The molecule has 5 aromatic rings. The average Bonchev–Trinajstić information content (AvgIpc) is 3.60. The number of hydrogen-bond acceptors (Lipinski definition) is 12. The lowest BCUT2D eigenvalue weighted by Crippen LogP contribution is -2.35. The number of aliphatic hydroxyl groups is 3. The van der Waals surface area contributed by atoms with E-state index in [0.717, 1.165) is 36.0 Å². The van der Waals surface area contributed by atoms with Gasteiger partial charge in [-0.15, -0.1) is 22.7 Å². The van der Waals surface area contributed by atoms with Crippen LogP contribution in [0.3, 0.4) is 0 Å². The Morgan fingerprint density at radius 3 is 2.58 bits per heavy atom. The molecule has 0 radical (unpaired) electrons. The van der Waals surface area contributed by atoms with Gasteiger partial charge in [-0.3, -0.25) is 4.98 Å². The first-order valence-corrected chi connectivity index (χ1v) is 14.0. The second-order valence-electron chi connectivity index (χ2n) is 9.51. The summed E-state index contributed by atoms with van der Waals surface area (Å²) in [7, 11) is 0. The first-order valence-electron chi connectivity index (χ1n) is 12.4. The first-order chi connectivity index (χ1) is 18.4. The monoisotopic (exact) mass is 549 g/mol. The average molecular weight is 550 g/mol. The number of nitrogens with zero attached hydrogens (tertiary/aromatic N) is 5. The Labute approximate surface area is 226 Å². The number of anilines is 2. The fourth-order valence-corrected chi connectivity index (χ4v) is 6.84. The summed E-state index contributed by atoms with van der Waals surface area (Å²) in [6.07, 6.45) is 1.78. The lowest BCUT2D eigenvalue weighted by molar-refractivity contribution is 0.00446. The number of pyridine rings is 1. The van der Waals surface area contributed by atoms with Gasteiger partial charge >= 0.3 is 0 Å². The van der Waals surface area contributed by atoms with Crippen molar-refractivity contribution >= 4 is 54.9 Å². The number of thiazole rings is 2. The molecular formula is C26H27N7O3S2. The predicted octanol–water partition coefficient (Wildman–Crippen LogP) is 3.75. The second-order valence-corrected chi connectivity index (χ2v) is 11.6. The van der Waals surface area contributed by atoms with Gasteiger partial charge < -0.3 is 26.0 Å². The maximum atomic E-state index is 10.7. The molecule has 4 aromatic heterocycles. The summed E-state index contributed by atoms with van der Waals surface area (Å²) in [6.45, 7) is 3.71. The normalized spacial score (nSPS) is 22.2. The zero-order valence-electron chi connectivity index (χ0n) is 20.7. The molecule has 1 aliphatic rings. The van der Waals surface area contributed by atoms with E-state index in [4.69, 9.17) is 19.9 Å². The minimum atomic E-state index is -1.05. The first kappa shape index (κ1) is 25.0. The topological polar surface area (TPSA) is 149 Å². The highest BCUT2D eigenvalue weighted by molar-refractivity contribution is 7.21. The zero-order chi connectivity index (χ0) is 26.4. The van der Waals surface area contributed by atoms with E-state index in [9.17, 15) is 15.3 Å². The summed E-state index contributed by atoms with van der Waals surface area (Å²) in [5.41, 5.74) is 3.16. The molecule has 6 rings (SSSR count). The van der Waals surface area contributed by atoms with E-state index in [1.54, 1.807) is 23.7 Å². The van der Waals surface area contributed by atoms with Crippen molar-refractivity contribution in [2.45, 2.75) is 44.6 Å². The standard InChI is InChI=1S/C26H27N7O3S2/c1-12-20(25-32-17-10-27-8-7-19(17)38-25)23(30-16-9-14(11-34)21(35)22(16)36)33-26(28-12)29-13(2)24-31-15-5-3-4-6-18(15)37-24/h3-8,10,13-14,16,21-22,34-36H,9,11H2,1-2H3,(H2,28,29,30,33)/t13-,14-,16-,21-,22+/m1/s1. The number of para-hydroxylation sites is 1. The Morgan fingerprint density at radius 2 is 1.82 bits per heavy atom. The van der Waals surface area contributed by atoms with Crippen LogP contribution in [-0.4, -0.2) is 65.1 Å².